The maximum Gasteiger partial charge on any atom is 0.325 e. The Kier molecular flexibility index (Phi) is 5.80. The Balaban J connectivity index is 1.20. The lowest BCUT2D eigenvalue weighted by Gasteiger charge is -2.35. The van der Waals surface area contributed by atoms with Crippen LogP contribution in [0, 0.1) is 11.3 Å². The van der Waals surface area contributed by atoms with Gasteiger partial charge in [0.15, 0.2) is 0 Å². The van der Waals surface area contributed by atoms with Gasteiger partial charge in [-0.05, 0) is 48.1 Å². The number of carbonyl (C=O) groups is 3. The van der Waals surface area contributed by atoms with Crippen molar-refractivity contribution < 1.29 is 14.4 Å². The van der Waals surface area contributed by atoms with Crippen LogP contribution in [0.2, 0.25) is 0 Å². The van der Waals surface area contributed by atoms with E-state index in [1.54, 1.807) is 4.90 Å². The van der Waals surface area contributed by atoms with Crippen molar-refractivity contribution in [3.8, 4) is 6.07 Å². The highest BCUT2D eigenvalue weighted by atomic mass is 16.2. The van der Waals surface area contributed by atoms with Crippen LogP contribution in [0.3, 0.4) is 0 Å². The third kappa shape index (κ3) is 3.93. The second-order valence-electron chi connectivity index (χ2n) is 9.20. The number of aryl methyl sites for hydroxylation is 1. The number of benzene rings is 2. The van der Waals surface area contributed by atoms with Crippen molar-refractivity contribution >= 4 is 17.8 Å². The number of nitrogens with zero attached hydrogens (tertiary/aromatic N) is 4. The highest BCUT2D eigenvalue weighted by Crippen LogP contribution is 2.39. The molecule has 5 rings (SSSR count). The van der Waals surface area contributed by atoms with Crippen molar-refractivity contribution in [1.82, 2.24) is 20.0 Å². The molecule has 0 aromatic heterocycles. The molecule has 1 aliphatic carbocycles. The van der Waals surface area contributed by atoms with Gasteiger partial charge in [-0.1, -0.05) is 36.4 Å². The van der Waals surface area contributed by atoms with Crippen molar-refractivity contribution in [3.63, 3.8) is 0 Å². The van der Waals surface area contributed by atoms with E-state index in [1.807, 2.05) is 48.5 Å². The predicted octanol–water partition coefficient (Wildman–Crippen LogP) is 1.99. The molecule has 2 fully saturated rings. The van der Waals surface area contributed by atoms with E-state index in [9.17, 15) is 14.4 Å². The average Bonchev–Trinajstić information content (AvgIpc) is 3.10. The highest BCUT2D eigenvalue weighted by Gasteiger charge is 2.54. The normalized spacial score (nSPS) is 22.4. The Morgan fingerprint density at radius 2 is 1.76 bits per heavy atom. The number of imide groups is 1. The van der Waals surface area contributed by atoms with Gasteiger partial charge in [0, 0.05) is 32.7 Å². The highest BCUT2D eigenvalue weighted by molar-refractivity contribution is 6.09. The summed E-state index contributed by atoms with van der Waals surface area (Å²) in [6.07, 6.45) is 2.24. The molecule has 0 radical (unpaired) electrons. The van der Waals surface area contributed by atoms with Crippen LogP contribution in [-0.4, -0.2) is 65.3 Å². The quantitative estimate of drug-likeness (QED) is 0.709. The summed E-state index contributed by atoms with van der Waals surface area (Å²) in [5.41, 5.74) is 2.64. The monoisotopic (exact) mass is 457 g/mol. The summed E-state index contributed by atoms with van der Waals surface area (Å²) in [5, 5.41) is 11.8. The van der Waals surface area contributed by atoms with Gasteiger partial charge in [0.1, 0.15) is 12.1 Å². The number of hydrogen-bond donors (Lipinski definition) is 1. The number of piperazine rings is 1. The number of nitrogens with one attached hydrogen (secondary N) is 1. The number of urea groups is 1. The zero-order valence-electron chi connectivity index (χ0n) is 19.0. The molecule has 4 amide bonds. The molecule has 8 nitrogen and oxygen atoms in total. The van der Waals surface area contributed by atoms with E-state index in [0.717, 1.165) is 41.0 Å². The smallest absolute Gasteiger partial charge is 0.325 e. The van der Waals surface area contributed by atoms with E-state index in [1.165, 1.54) is 0 Å². The van der Waals surface area contributed by atoms with Crippen LogP contribution in [0.1, 0.15) is 35.1 Å². The molecular weight excluding hydrogens is 430 g/mol. The molecule has 2 saturated heterocycles. The van der Waals surface area contributed by atoms with Crippen LogP contribution in [-0.2, 0) is 28.1 Å². The van der Waals surface area contributed by atoms with Crippen molar-refractivity contribution in [1.29, 1.82) is 5.26 Å². The summed E-state index contributed by atoms with van der Waals surface area (Å²) in [4.78, 5) is 44.3. The summed E-state index contributed by atoms with van der Waals surface area (Å²) in [6.45, 7) is 3.04. The van der Waals surface area contributed by atoms with Gasteiger partial charge in [-0.3, -0.25) is 19.4 Å². The van der Waals surface area contributed by atoms with Crippen molar-refractivity contribution in [2.45, 2.75) is 31.3 Å². The summed E-state index contributed by atoms with van der Waals surface area (Å²) in [6, 6.07) is 16.9. The standard InChI is InChI=1S/C26H27N5O3/c27-16-19-7-9-20(10-8-19)17-29-12-14-30(15-13-29)23(32)18-31-24(33)26(28-25(31)34)11-3-5-21-4-1-2-6-22(21)26/h1-2,4,6-10H,3,5,11-15,17-18H2,(H,28,34)/t26-/m1/s1. The van der Waals surface area contributed by atoms with E-state index in [-0.39, 0.29) is 18.4 Å². The average molecular weight is 458 g/mol. The zero-order valence-corrected chi connectivity index (χ0v) is 19.0. The lowest BCUT2D eigenvalue weighted by atomic mass is 9.76. The van der Waals surface area contributed by atoms with E-state index in [0.29, 0.717) is 38.2 Å². The van der Waals surface area contributed by atoms with Crippen LogP contribution in [0.15, 0.2) is 48.5 Å². The first kappa shape index (κ1) is 22.1. The maximum atomic E-state index is 13.4. The molecule has 2 aliphatic heterocycles. The summed E-state index contributed by atoms with van der Waals surface area (Å²) < 4.78 is 0. The van der Waals surface area contributed by atoms with Gasteiger partial charge in [0.2, 0.25) is 5.91 Å². The van der Waals surface area contributed by atoms with Crippen LogP contribution in [0.5, 0.6) is 0 Å². The van der Waals surface area contributed by atoms with E-state index in [4.69, 9.17) is 5.26 Å². The molecule has 1 spiro atoms. The molecule has 1 N–H and O–H groups in total. The minimum Gasteiger partial charge on any atom is -0.339 e. The topological polar surface area (TPSA) is 96.8 Å². The Hall–Kier alpha value is -3.70. The van der Waals surface area contributed by atoms with Crippen LogP contribution < -0.4 is 5.32 Å². The number of fused-ring (bicyclic) bond motifs is 2. The molecule has 174 valence electrons. The molecule has 0 bridgehead atoms. The molecule has 2 aromatic carbocycles. The number of rotatable bonds is 4. The van der Waals surface area contributed by atoms with Gasteiger partial charge in [-0.2, -0.15) is 5.26 Å². The first-order chi connectivity index (χ1) is 16.5. The molecule has 2 aromatic rings. The van der Waals surface area contributed by atoms with Gasteiger partial charge in [-0.15, -0.1) is 0 Å². The molecule has 0 saturated carbocycles. The largest absolute Gasteiger partial charge is 0.339 e. The Morgan fingerprint density at radius 1 is 1.03 bits per heavy atom. The molecule has 0 unspecified atom stereocenters. The van der Waals surface area contributed by atoms with Crippen molar-refractivity contribution in [2.75, 3.05) is 32.7 Å². The maximum absolute atomic E-state index is 13.4. The van der Waals surface area contributed by atoms with Gasteiger partial charge in [-0.25, -0.2) is 4.79 Å². The van der Waals surface area contributed by atoms with E-state index in [2.05, 4.69) is 16.3 Å². The number of amides is 4. The van der Waals surface area contributed by atoms with Gasteiger partial charge in [0.05, 0.1) is 11.6 Å². The third-order valence-corrected chi connectivity index (χ3v) is 7.16. The third-order valence-electron chi connectivity index (χ3n) is 7.16. The minimum atomic E-state index is -1.05. The lowest BCUT2D eigenvalue weighted by Crippen LogP contribution is -2.52. The van der Waals surface area contributed by atoms with E-state index >= 15 is 0 Å². The Labute approximate surface area is 198 Å². The first-order valence-corrected chi connectivity index (χ1v) is 11.7. The number of nitriles is 1. The first-order valence-electron chi connectivity index (χ1n) is 11.7. The van der Waals surface area contributed by atoms with Crippen molar-refractivity contribution in [2.24, 2.45) is 0 Å². The van der Waals surface area contributed by atoms with Crippen molar-refractivity contribution in [3.05, 3.63) is 70.8 Å². The molecule has 2 heterocycles. The van der Waals surface area contributed by atoms with Crippen LogP contribution in [0.25, 0.3) is 0 Å². The molecular formula is C26H27N5O3. The van der Waals surface area contributed by atoms with Gasteiger partial charge < -0.3 is 10.2 Å². The fraction of sp³-hybridized carbons (Fsp3) is 0.385. The Morgan fingerprint density at radius 3 is 2.50 bits per heavy atom. The molecule has 8 heteroatoms. The van der Waals surface area contributed by atoms with Crippen LogP contribution >= 0.6 is 0 Å². The fourth-order valence-electron chi connectivity index (χ4n) is 5.29. The van der Waals surface area contributed by atoms with Crippen LogP contribution in [0.4, 0.5) is 4.79 Å². The molecule has 1 atom stereocenters. The predicted molar refractivity (Wildman–Crippen MR) is 124 cm³/mol. The minimum absolute atomic E-state index is 0.206. The zero-order chi connectivity index (χ0) is 23.7. The van der Waals surface area contributed by atoms with Gasteiger partial charge >= 0.3 is 6.03 Å². The van der Waals surface area contributed by atoms with Gasteiger partial charge in [0.25, 0.3) is 5.91 Å². The summed E-state index contributed by atoms with van der Waals surface area (Å²) in [7, 11) is 0. The second-order valence-corrected chi connectivity index (χ2v) is 9.20. The molecule has 3 aliphatic rings. The SMILES string of the molecule is N#Cc1ccc(CN2CCN(C(=O)CN3C(=O)N[C@@]4(CCCc5ccccc54)C3=O)CC2)cc1. The summed E-state index contributed by atoms with van der Waals surface area (Å²) in [5.74, 6) is -0.528. The lowest BCUT2D eigenvalue weighted by molar-refractivity contribution is -0.140. The molecule has 34 heavy (non-hydrogen) atoms. The number of hydrogen-bond acceptors (Lipinski definition) is 5. The van der Waals surface area contributed by atoms with E-state index < -0.39 is 11.6 Å². The fourth-order valence-corrected chi connectivity index (χ4v) is 5.29. The Bertz CT molecular complexity index is 1160. The second kappa shape index (κ2) is 8.92. The number of carbonyl (C=O) groups excluding carboxylic acids is 3. The summed E-state index contributed by atoms with van der Waals surface area (Å²) >= 11 is 0.